The molecule has 0 amide bonds. The Morgan fingerprint density at radius 3 is 2.28 bits per heavy atom. The van der Waals surface area contributed by atoms with Gasteiger partial charge in [-0.05, 0) is 53.2 Å². The molecule has 0 aliphatic carbocycles. The van der Waals surface area contributed by atoms with Gasteiger partial charge >= 0.3 is 0 Å². The summed E-state index contributed by atoms with van der Waals surface area (Å²) in [5.74, 6) is 0.192. The van der Waals surface area contributed by atoms with Crippen LogP contribution >= 0.6 is 0 Å². The average molecular weight is 555 g/mol. The summed E-state index contributed by atoms with van der Waals surface area (Å²) >= 11 is 0. The van der Waals surface area contributed by atoms with Crippen molar-refractivity contribution in [1.82, 2.24) is 9.97 Å². The third-order valence-electron chi connectivity index (χ3n) is 8.14. The quantitative estimate of drug-likeness (QED) is 0.160. The fourth-order valence-electron chi connectivity index (χ4n) is 6.09. The van der Waals surface area contributed by atoms with E-state index in [1.165, 1.54) is 0 Å². The van der Waals surface area contributed by atoms with Crippen LogP contribution in [0.3, 0.4) is 0 Å². The van der Waals surface area contributed by atoms with Crippen molar-refractivity contribution in [2.75, 3.05) is 5.32 Å². The van der Waals surface area contributed by atoms with Crippen molar-refractivity contribution in [3.05, 3.63) is 145 Å². The lowest BCUT2D eigenvalue weighted by molar-refractivity contribution is 0.477. The second kappa shape index (κ2) is 9.86. The molecule has 5 heteroatoms. The molecule has 8 aromatic rings. The van der Waals surface area contributed by atoms with E-state index < -0.39 is 0 Å². The first-order chi connectivity index (χ1) is 21.2. The van der Waals surface area contributed by atoms with Crippen LogP contribution in [0, 0.1) is 5.41 Å². The van der Waals surface area contributed by atoms with Gasteiger partial charge in [-0.25, -0.2) is 4.98 Å². The number of rotatable bonds is 5. The van der Waals surface area contributed by atoms with Crippen LogP contribution in [-0.2, 0) is 0 Å². The molecule has 0 saturated carbocycles. The van der Waals surface area contributed by atoms with Gasteiger partial charge in [0.15, 0.2) is 0 Å². The van der Waals surface area contributed by atoms with Gasteiger partial charge in [0.2, 0.25) is 0 Å². The number of para-hydroxylation sites is 4. The zero-order chi connectivity index (χ0) is 28.9. The zero-order valence-corrected chi connectivity index (χ0v) is 23.1. The Morgan fingerprint density at radius 1 is 0.651 bits per heavy atom. The zero-order valence-electron chi connectivity index (χ0n) is 23.1. The number of aromatic amines is 1. The van der Waals surface area contributed by atoms with Crippen molar-refractivity contribution in [3.63, 3.8) is 0 Å². The molecule has 0 aliphatic rings. The number of nitrogens with one attached hydrogen (secondary N) is 3. The number of nitrogens with zero attached hydrogens (tertiary/aromatic N) is 1. The Kier molecular flexibility index (Phi) is 5.69. The highest BCUT2D eigenvalue weighted by molar-refractivity contribution is 6.29. The summed E-state index contributed by atoms with van der Waals surface area (Å²) in [7, 11) is 0. The van der Waals surface area contributed by atoms with Gasteiger partial charge in [0, 0.05) is 44.1 Å². The Morgan fingerprint density at radius 2 is 1.37 bits per heavy atom. The number of phenolic OH excluding ortho intramolecular Hbond substituents is 1. The summed E-state index contributed by atoms with van der Waals surface area (Å²) in [6.45, 7) is 0. The van der Waals surface area contributed by atoms with Gasteiger partial charge in [-0.15, -0.1) is 0 Å². The number of fused-ring (bicyclic) bond motifs is 5. The molecule has 8 rings (SSSR count). The fraction of sp³-hybridized carbons (Fsp3) is 0. The lowest BCUT2D eigenvalue weighted by Gasteiger charge is -2.17. The smallest absolute Gasteiger partial charge is 0.124 e. The minimum absolute atomic E-state index is 0.192. The summed E-state index contributed by atoms with van der Waals surface area (Å²) in [6, 6.07) is 43.9. The van der Waals surface area contributed by atoms with Crippen LogP contribution in [0.2, 0.25) is 0 Å². The van der Waals surface area contributed by atoms with Crippen molar-refractivity contribution in [2.24, 2.45) is 0 Å². The van der Waals surface area contributed by atoms with Gasteiger partial charge in [0.1, 0.15) is 5.75 Å². The molecule has 0 spiro atoms. The molecule has 2 aromatic heterocycles. The molecule has 0 fully saturated rings. The summed E-state index contributed by atoms with van der Waals surface area (Å²) in [6.07, 6.45) is 0. The topological polar surface area (TPSA) is 84.8 Å². The summed E-state index contributed by atoms with van der Waals surface area (Å²) < 4.78 is 0. The molecule has 204 valence electrons. The molecular formula is C38H26N4O. The lowest BCUT2D eigenvalue weighted by Crippen LogP contribution is -2.07. The highest BCUT2D eigenvalue weighted by Gasteiger charge is 2.19. The molecule has 0 bridgehead atoms. The van der Waals surface area contributed by atoms with Gasteiger partial charge in [-0.2, -0.15) is 0 Å². The molecule has 2 heterocycles. The number of anilines is 2. The second-order valence-corrected chi connectivity index (χ2v) is 10.7. The van der Waals surface area contributed by atoms with Gasteiger partial charge in [-0.1, -0.05) is 91.0 Å². The van der Waals surface area contributed by atoms with Crippen molar-refractivity contribution >= 4 is 60.6 Å². The maximum atomic E-state index is 10.5. The summed E-state index contributed by atoms with van der Waals surface area (Å²) in [5.41, 5.74) is 7.89. The Balaban J connectivity index is 1.28. The van der Waals surface area contributed by atoms with Crippen molar-refractivity contribution in [3.8, 4) is 17.0 Å². The summed E-state index contributed by atoms with van der Waals surface area (Å²) in [4.78, 5) is 8.58. The third-order valence-corrected chi connectivity index (χ3v) is 8.14. The molecule has 5 nitrogen and oxygen atoms in total. The van der Waals surface area contributed by atoms with Gasteiger partial charge in [0.05, 0.1) is 28.1 Å². The number of hydrogen-bond acceptors (Lipinski definition) is 4. The summed E-state index contributed by atoms with van der Waals surface area (Å²) in [5, 5.41) is 29.1. The number of pyridine rings is 1. The minimum atomic E-state index is 0.192. The number of hydrogen-bond donors (Lipinski definition) is 4. The molecule has 6 aromatic carbocycles. The van der Waals surface area contributed by atoms with Crippen LogP contribution < -0.4 is 5.32 Å². The van der Waals surface area contributed by atoms with Gasteiger partial charge < -0.3 is 15.4 Å². The van der Waals surface area contributed by atoms with Crippen LogP contribution in [0.25, 0.3) is 54.7 Å². The van der Waals surface area contributed by atoms with E-state index in [2.05, 4.69) is 46.7 Å². The van der Waals surface area contributed by atoms with Crippen molar-refractivity contribution < 1.29 is 5.11 Å². The van der Waals surface area contributed by atoms with E-state index in [0.29, 0.717) is 17.0 Å². The largest absolute Gasteiger partial charge is 0.507 e. The number of H-pyrrole nitrogens is 1. The maximum absolute atomic E-state index is 10.5. The molecule has 4 N–H and O–H groups in total. The van der Waals surface area contributed by atoms with Crippen LogP contribution in [0.15, 0.2) is 133 Å². The number of benzene rings is 6. The highest BCUT2D eigenvalue weighted by Crippen LogP contribution is 2.37. The van der Waals surface area contributed by atoms with Crippen LogP contribution in [0.5, 0.6) is 5.75 Å². The fourth-order valence-corrected chi connectivity index (χ4v) is 6.09. The van der Waals surface area contributed by atoms with E-state index in [4.69, 9.17) is 4.98 Å². The van der Waals surface area contributed by atoms with Crippen LogP contribution in [-0.4, -0.2) is 20.8 Å². The Hall–Kier alpha value is -5.94. The first-order valence-corrected chi connectivity index (χ1v) is 14.2. The van der Waals surface area contributed by atoms with E-state index in [1.54, 1.807) is 12.1 Å². The molecule has 0 saturated heterocycles. The minimum Gasteiger partial charge on any atom is -0.507 e. The van der Waals surface area contributed by atoms with Crippen molar-refractivity contribution in [2.45, 2.75) is 0 Å². The molecule has 43 heavy (non-hydrogen) atoms. The first kappa shape index (κ1) is 24.8. The normalized spacial score (nSPS) is 11.4. The second-order valence-electron chi connectivity index (χ2n) is 10.7. The lowest BCUT2D eigenvalue weighted by atomic mass is 9.93. The average Bonchev–Trinajstić information content (AvgIpc) is 3.42. The monoisotopic (exact) mass is 554 g/mol. The predicted molar refractivity (Wildman–Crippen MR) is 178 cm³/mol. The maximum Gasteiger partial charge on any atom is 0.124 e. The van der Waals surface area contributed by atoms with E-state index in [1.807, 2.05) is 84.9 Å². The number of phenols is 1. The Bertz CT molecular complexity index is 2370. The SMILES string of the molecule is N=C(c1ccccc1Nc1cccc2ccc(-c3ccccc3O)nc12)c1c2ccccc2cc2c1[nH]c1ccccc12. The third kappa shape index (κ3) is 4.10. The first-order valence-electron chi connectivity index (χ1n) is 14.2. The molecular weight excluding hydrogens is 528 g/mol. The standard InChI is InChI=1S/C38H26N4O/c39-36(35-25-12-2-1-10-24(25)22-29-26-13-3-6-16-30(26)42-38(29)35)28-15-4-7-17-31(28)40-33-18-9-11-23-20-21-32(41-37(23)33)27-14-5-8-19-34(27)43/h1-22,39-40,42-43H. The predicted octanol–water partition coefficient (Wildman–Crippen LogP) is 9.55. The van der Waals surface area contributed by atoms with Gasteiger partial charge in [-0.3, -0.25) is 5.41 Å². The van der Waals surface area contributed by atoms with E-state index in [9.17, 15) is 10.5 Å². The van der Waals surface area contributed by atoms with Crippen molar-refractivity contribution in [1.29, 1.82) is 5.41 Å². The Labute approximate surface area is 247 Å². The highest BCUT2D eigenvalue weighted by atomic mass is 16.3. The number of aromatic hydroxyl groups is 1. The number of aromatic nitrogens is 2. The van der Waals surface area contributed by atoms with Crippen LogP contribution in [0.1, 0.15) is 11.1 Å². The van der Waals surface area contributed by atoms with Crippen LogP contribution in [0.4, 0.5) is 11.4 Å². The molecule has 0 unspecified atom stereocenters. The van der Waals surface area contributed by atoms with E-state index >= 15 is 0 Å². The van der Waals surface area contributed by atoms with Gasteiger partial charge in [0.25, 0.3) is 0 Å². The molecule has 0 radical (unpaired) electrons. The van der Waals surface area contributed by atoms with E-state index in [-0.39, 0.29) is 5.75 Å². The molecule has 0 aliphatic heterocycles. The molecule has 0 atom stereocenters. The van der Waals surface area contributed by atoms with E-state index in [0.717, 1.165) is 66.0 Å².